The van der Waals surface area contributed by atoms with Crippen LogP contribution in [0.25, 0.3) is 0 Å². The van der Waals surface area contributed by atoms with Crippen LogP contribution in [0.3, 0.4) is 0 Å². The third-order valence-electron chi connectivity index (χ3n) is 2.57. The van der Waals surface area contributed by atoms with Crippen molar-refractivity contribution in [3.63, 3.8) is 0 Å². The van der Waals surface area contributed by atoms with Gasteiger partial charge in [0.15, 0.2) is 0 Å². The zero-order valence-corrected chi connectivity index (χ0v) is 11.3. The van der Waals surface area contributed by atoms with E-state index < -0.39 is 22.3 Å². The van der Waals surface area contributed by atoms with Crippen molar-refractivity contribution < 1.29 is 26.1 Å². The highest BCUT2D eigenvalue weighted by atomic mass is 32.2. The summed E-state index contributed by atoms with van der Waals surface area (Å²) < 4.78 is 64.6. The molecule has 3 nitrogen and oxygen atoms in total. The van der Waals surface area contributed by atoms with E-state index in [-0.39, 0.29) is 18.1 Å². The Bertz CT molecular complexity index is 497. The molecule has 19 heavy (non-hydrogen) atoms. The van der Waals surface area contributed by atoms with Gasteiger partial charge in [-0.25, -0.2) is 8.42 Å². The Kier molecular flexibility index (Phi) is 5.28. The molecule has 0 aliphatic carbocycles. The molecule has 0 aromatic heterocycles. The van der Waals surface area contributed by atoms with Crippen LogP contribution in [0, 0.1) is 0 Å². The van der Waals surface area contributed by atoms with E-state index in [1.807, 2.05) is 0 Å². The summed E-state index contributed by atoms with van der Waals surface area (Å²) in [7, 11) is -3.03. The van der Waals surface area contributed by atoms with E-state index in [1.165, 1.54) is 12.1 Å². The number of hydrogen-bond acceptors (Lipinski definition) is 3. The van der Waals surface area contributed by atoms with E-state index >= 15 is 0 Å². The van der Waals surface area contributed by atoms with E-state index in [2.05, 4.69) is 0 Å². The molecule has 1 aromatic rings. The largest absolute Gasteiger partial charge is 0.509 e. The van der Waals surface area contributed by atoms with Gasteiger partial charge in [-0.2, -0.15) is 0 Å². The van der Waals surface area contributed by atoms with Crippen molar-refractivity contribution in [2.24, 2.45) is 0 Å². The smallest absolute Gasteiger partial charge is 0.494 e. The van der Waals surface area contributed by atoms with E-state index in [4.69, 9.17) is 4.74 Å². The highest BCUT2D eigenvalue weighted by Crippen LogP contribution is 2.13. The molecule has 0 fully saturated rings. The van der Waals surface area contributed by atoms with Gasteiger partial charge in [-0.1, -0.05) is 19.1 Å². The highest BCUT2D eigenvalue weighted by molar-refractivity contribution is 7.91. The first-order valence-corrected chi connectivity index (χ1v) is 7.70. The number of benzene rings is 1. The Balaban J connectivity index is 2.43. The predicted molar refractivity (Wildman–Crippen MR) is 69.6 cm³/mol. The summed E-state index contributed by atoms with van der Waals surface area (Å²) in [6, 6.07) is 4.38. The van der Waals surface area contributed by atoms with Crippen LogP contribution in [-0.4, -0.2) is 33.5 Å². The van der Waals surface area contributed by atoms with Crippen LogP contribution in [0.4, 0.5) is 12.9 Å². The van der Waals surface area contributed by atoms with E-state index in [9.17, 15) is 21.4 Å². The summed E-state index contributed by atoms with van der Waals surface area (Å²) in [5.74, 6) is 0.403. The molecule has 0 bridgehead atoms. The van der Waals surface area contributed by atoms with Crippen LogP contribution in [-0.2, 0) is 9.84 Å². The van der Waals surface area contributed by atoms with Gasteiger partial charge in [0.1, 0.15) is 15.6 Å². The average molecular weight is 295 g/mol. The van der Waals surface area contributed by atoms with Gasteiger partial charge < -0.3 is 17.7 Å². The normalized spacial score (nSPS) is 12.4. The first-order valence-electron chi connectivity index (χ1n) is 5.88. The monoisotopic (exact) mass is 295 g/mol. The lowest BCUT2D eigenvalue weighted by Gasteiger charge is -2.15. The Labute approximate surface area is 110 Å². The number of sulfone groups is 1. The molecule has 1 aromatic carbocycles. The summed E-state index contributed by atoms with van der Waals surface area (Å²) in [4.78, 5) is 0. The lowest BCUT2D eigenvalue weighted by molar-refractivity contribution is 0.317. The van der Waals surface area contributed by atoms with Crippen molar-refractivity contribution in [2.45, 2.75) is 13.3 Å². The first-order chi connectivity index (χ1) is 8.74. The number of halogens is 3. The van der Waals surface area contributed by atoms with Crippen LogP contribution >= 0.6 is 0 Å². The van der Waals surface area contributed by atoms with Gasteiger partial charge in [-0.3, -0.25) is 0 Å². The van der Waals surface area contributed by atoms with Crippen LogP contribution < -0.4 is 10.2 Å². The molecule has 0 amide bonds. The second kappa shape index (κ2) is 6.32. The summed E-state index contributed by atoms with van der Waals surface area (Å²) in [5.41, 5.74) is -0.680. The highest BCUT2D eigenvalue weighted by Gasteiger charge is 2.24. The zero-order chi connectivity index (χ0) is 14.5. The van der Waals surface area contributed by atoms with Crippen LogP contribution in [0.5, 0.6) is 5.75 Å². The van der Waals surface area contributed by atoms with Crippen molar-refractivity contribution in [3.05, 3.63) is 24.3 Å². The molecule has 0 spiro atoms. The molecule has 0 unspecified atom stereocenters. The lowest BCUT2D eigenvalue weighted by atomic mass is 9.80. The zero-order valence-electron chi connectivity index (χ0n) is 10.5. The lowest BCUT2D eigenvalue weighted by Crippen LogP contribution is -2.33. The van der Waals surface area contributed by atoms with Gasteiger partial charge in [-0.05, 0) is 18.6 Å². The van der Waals surface area contributed by atoms with Gasteiger partial charge in [0, 0.05) is 5.75 Å². The van der Waals surface area contributed by atoms with Crippen molar-refractivity contribution >= 4 is 22.3 Å². The maximum absolute atomic E-state index is 12.4. The molecule has 108 valence electrons. The third-order valence-corrected chi connectivity index (χ3v) is 4.36. The molecule has 0 heterocycles. The van der Waals surface area contributed by atoms with Crippen LogP contribution in [0.1, 0.15) is 13.3 Å². The molecule has 0 N–H and O–H groups in total. The second-order valence-corrected chi connectivity index (χ2v) is 6.55. The molecular formula is C11H15BF3O3S-. The first kappa shape index (κ1) is 15.9. The molecule has 0 aliphatic heterocycles. The molecule has 8 heteroatoms. The van der Waals surface area contributed by atoms with E-state index in [0.717, 1.165) is 12.1 Å². The Morgan fingerprint density at radius 3 is 2.21 bits per heavy atom. The summed E-state index contributed by atoms with van der Waals surface area (Å²) in [6.07, 6.45) is 0.321. The number of ether oxygens (including phenoxy) is 1. The topological polar surface area (TPSA) is 43.4 Å². The maximum atomic E-state index is 12.4. The Morgan fingerprint density at radius 1 is 1.16 bits per heavy atom. The van der Waals surface area contributed by atoms with Crippen molar-refractivity contribution in [2.75, 3.05) is 18.1 Å². The fourth-order valence-corrected chi connectivity index (χ4v) is 2.24. The molecule has 0 aliphatic rings. The molecule has 0 saturated heterocycles. The van der Waals surface area contributed by atoms with E-state index in [0.29, 0.717) is 12.2 Å². The third kappa shape index (κ3) is 5.54. The van der Waals surface area contributed by atoms with Gasteiger partial charge >= 0.3 is 6.98 Å². The minimum atomic E-state index is -4.99. The van der Waals surface area contributed by atoms with Crippen molar-refractivity contribution in [1.29, 1.82) is 0 Å². The fourth-order valence-electron chi connectivity index (χ4n) is 1.40. The van der Waals surface area contributed by atoms with Gasteiger partial charge in [0.2, 0.25) is 0 Å². The minimum Gasteiger partial charge on any atom is -0.494 e. The van der Waals surface area contributed by atoms with E-state index in [1.54, 1.807) is 6.92 Å². The average Bonchev–Trinajstić information content (AvgIpc) is 2.34. The minimum absolute atomic E-state index is 0.0211. The number of rotatable bonds is 7. The molecule has 1 rings (SSSR count). The van der Waals surface area contributed by atoms with Crippen molar-refractivity contribution in [3.8, 4) is 5.75 Å². The molecule has 0 radical (unpaired) electrons. The van der Waals surface area contributed by atoms with Gasteiger partial charge in [-0.15, -0.1) is 5.46 Å². The summed E-state index contributed by atoms with van der Waals surface area (Å²) in [5, 5.41) is 0. The van der Waals surface area contributed by atoms with Crippen LogP contribution in [0.2, 0.25) is 0 Å². The number of hydrogen-bond donors (Lipinski definition) is 0. The SMILES string of the molecule is CCS(=O)(=O)CCCOc1ccc([B-](F)(F)F)cc1. The Morgan fingerprint density at radius 2 is 1.74 bits per heavy atom. The maximum Gasteiger partial charge on any atom is 0.509 e. The van der Waals surface area contributed by atoms with Gasteiger partial charge in [0.05, 0.1) is 12.4 Å². The Hall–Kier alpha value is -1.18. The van der Waals surface area contributed by atoms with Crippen LogP contribution in [0.15, 0.2) is 24.3 Å². The standard InChI is InChI=1S/C11H15BF3O3S/c1-2-19(16,17)9-3-8-18-11-6-4-10(5-7-11)12(13,14)15/h4-7H,2-3,8-9H2,1H3/q-1. The molecule has 0 saturated carbocycles. The quantitative estimate of drug-likeness (QED) is 0.570. The fraction of sp³-hybridized carbons (Fsp3) is 0.455. The molecule has 0 atom stereocenters. The summed E-state index contributed by atoms with van der Waals surface area (Å²) >= 11 is 0. The predicted octanol–water partition coefficient (Wildman–Crippen LogP) is 1.94. The summed E-state index contributed by atoms with van der Waals surface area (Å²) in [6.45, 7) is -3.27. The van der Waals surface area contributed by atoms with Gasteiger partial charge in [0.25, 0.3) is 0 Å². The molecular weight excluding hydrogens is 280 g/mol. The second-order valence-electron chi connectivity index (χ2n) is 4.08. The van der Waals surface area contributed by atoms with Crippen molar-refractivity contribution in [1.82, 2.24) is 0 Å².